The maximum absolute atomic E-state index is 14.9. The van der Waals surface area contributed by atoms with Crippen molar-refractivity contribution in [2.45, 2.75) is 115 Å². The highest BCUT2D eigenvalue weighted by molar-refractivity contribution is 5.70. The molecule has 12 nitrogen and oxygen atoms in total. The van der Waals surface area contributed by atoms with E-state index < -0.39 is 17.8 Å². The number of rotatable bonds is 8. The molecule has 6 heterocycles. The Kier molecular flexibility index (Phi) is 9.73. The normalized spacial score (nSPS) is 32.5. The first-order valence-corrected chi connectivity index (χ1v) is 21.1. The molecule has 2 saturated carbocycles. The summed E-state index contributed by atoms with van der Waals surface area (Å²) in [5, 5.41) is 9.04. The third-order valence-electron chi connectivity index (χ3n) is 14.5. The van der Waals surface area contributed by atoms with E-state index in [1.807, 2.05) is 9.80 Å². The zero-order chi connectivity index (χ0) is 40.0. The molecule has 2 unspecified atom stereocenters. The van der Waals surface area contributed by atoms with Crippen molar-refractivity contribution in [3.8, 4) is 0 Å². The van der Waals surface area contributed by atoms with Crippen molar-refractivity contribution >= 4 is 35.5 Å². The predicted octanol–water partition coefficient (Wildman–Crippen LogP) is 6.19. The van der Waals surface area contributed by atoms with Crippen LogP contribution in [0.1, 0.15) is 101 Å². The van der Waals surface area contributed by atoms with Gasteiger partial charge in [0, 0.05) is 88.2 Å². The Labute approximate surface area is 330 Å². The second kappa shape index (κ2) is 14.4. The van der Waals surface area contributed by atoms with Crippen LogP contribution in [0.15, 0.2) is 0 Å². The summed E-state index contributed by atoms with van der Waals surface area (Å²) in [5.41, 5.74) is 1.11. The molecule has 4 aliphatic heterocycles. The molecule has 0 radical (unpaired) electrons. The first kappa shape index (κ1) is 38.5. The summed E-state index contributed by atoms with van der Waals surface area (Å²) in [7, 11) is 1.42. The molecule has 310 valence electrons. The van der Waals surface area contributed by atoms with Crippen molar-refractivity contribution in [3.05, 3.63) is 22.5 Å². The van der Waals surface area contributed by atoms with Gasteiger partial charge < -0.3 is 29.4 Å². The fourth-order valence-electron chi connectivity index (χ4n) is 10.7. The molecule has 2 aromatic heterocycles. The maximum Gasteiger partial charge on any atom is 0.305 e. The predicted molar refractivity (Wildman–Crippen MR) is 204 cm³/mol. The van der Waals surface area contributed by atoms with Crippen LogP contribution in [0.2, 0.25) is 0 Å². The minimum atomic E-state index is -2.92. The average molecular weight is 799 g/mol. The lowest BCUT2D eigenvalue weighted by Gasteiger charge is -2.39. The van der Waals surface area contributed by atoms with Crippen LogP contribution in [0.25, 0.3) is 0 Å². The van der Waals surface area contributed by atoms with Crippen molar-refractivity contribution < 1.29 is 37.0 Å². The van der Waals surface area contributed by atoms with Crippen LogP contribution in [-0.2, 0) is 39.0 Å². The van der Waals surface area contributed by atoms with Crippen LogP contribution >= 0.6 is 0 Å². The number of alkyl halides is 4. The molecule has 8 aliphatic rings. The number of carboxylic acid groups (broad SMARTS) is 1. The zero-order valence-corrected chi connectivity index (χ0v) is 33.1. The van der Waals surface area contributed by atoms with E-state index in [2.05, 4.69) is 33.6 Å². The number of fused-ring (bicyclic) bond motifs is 4. The van der Waals surface area contributed by atoms with Crippen LogP contribution in [0, 0.1) is 35.5 Å². The Morgan fingerprint density at radius 3 is 1.46 bits per heavy atom. The van der Waals surface area contributed by atoms with Crippen molar-refractivity contribution in [2.24, 2.45) is 35.5 Å². The van der Waals surface area contributed by atoms with Gasteiger partial charge in [0.2, 0.25) is 11.9 Å². The van der Waals surface area contributed by atoms with E-state index in [1.165, 1.54) is 7.11 Å². The van der Waals surface area contributed by atoms with E-state index in [4.69, 9.17) is 19.8 Å². The second-order valence-corrected chi connectivity index (χ2v) is 18.0. The largest absolute Gasteiger partial charge is 0.481 e. The third kappa shape index (κ3) is 7.03. The highest BCUT2D eigenvalue weighted by atomic mass is 19.3. The minimum Gasteiger partial charge on any atom is -0.481 e. The van der Waals surface area contributed by atoms with Crippen molar-refractivity contribution in [3.63, 3.8) is 0 Å². The number of aromatic nitrogens is 4. The molecule has 2 aromatic rings. The molecule has 0 aromatic carbocycles. The van der Waals surface area contributed by atoms with Gasteiger partial charge in [-0.1, -0.05) is 0 Å². The van der Waals surface area contributed by atoms with Gasteiger partial charge in [-0.2, -0.15) is 27.5 Å². The average Bonchev–Trinajstić information content (AvgIpc) is 3.84. The van der Waals surface area contributed by atoms with Gasteiger partial charge in [-0.25, -0.2) is 9.97 Å². The highest BCUT2D eigenvalue weighted by Gasteiger charge is 2.58. The molecular weight excluding hydrogens is 744 g/mol. The summed E-state index contributed by atoms with van der Waals surface area (Å²) < 4.78 is 64.4. The van der Waals surface area contributed by atoms with Gasteiger partial charge in [-0.15, -0.1) is 0 Å². The van der Waals surface area contributed by atoms with Gasteiger partial charge in [0.25, 0.3) is 11.8 Å². The monoisotopic (exact) mass is 798 g/mol. The summed E-state index contributed by atoms with van der Waals surface area (Å²) in [5.74, 6) is -2.35. The topological polar surface area (TPSA) is 128 Å². The summed E-state index contributed by atoms with van der Waals surface area (Å²) in [6.45, 7) is 8.75. The standard InChI is InChI=1S/C21H28F2N4O2.C20H26F2N4O2/c1-12-6-8-27(12)20-24-18-13(5-3-4-7-21(18,22)23)19(25-20)26-10-15-14(16(15)11-26)9-17(28)29-2;1-11-5-7-26(11)19-23-17-12(4-2-3-6-20(17,21)22)18(24-19)25-9-14-13(8-16(27)28)15(14)10-25/h12,14-16H,3-11H2,1-2H3;11,13-15H,2-10H2,1H3,(H,27,28)/t12-,14?,15-,16+;11-,13?,14-,15+/m00/s1. The molecule has 8 atom stereocenters. The fourth-order valence-corrected chi connectivity index (χ4v) is 10.7. The molecule has 57 heavy (non-hydrogen) atoms. The van der Waals surface area contributed by atoms with Gasteiger partial charge in [-0.05, 0) is 101 Å². The molecule has 16 heteroatoms. The number of carbonyl (C=O) groups is 2. The molecule has 0 amide bonds. The zero-order valence-electron chi connectivity index (χ0n) is 33.1. The first-order chi connectivity index (χ1) is 27.2. The number of nitrogens with zero attached hydrogens (tertiary/aromatic N) is 8. The third-order valence-corrected chi connectivity index (χ3v) is 14.5. The molecule has 0 spiro atoms. The summed E-state index contributed by atoms with van der Waals surface area (Å²) >= 11 is 0. The molecular formula is C41H54F4N8O4. The number of carbonyl (C=O) groups excluding carboxylic acids is 1. The fraction of sp³-hybridized carbons (Fsp3) is 0.756. The van der Waals surface area contributed by atoms with Gasteiger partial charge in [0.05, 0.1) is 7.11 Å². The number of anilines is 4. The van der Waals surface area contributed by atoms with Gasteiger partial charge in [-0.3, -0.25) is 9.59 Å². The number of carboxylic acids is 1. The number of hydrogen-bond donors (Lipinski definition) is 1. The van der Waals surface area contributed by atoms with Crippen LogP contribution in [0.4, 0.5) is 41.1 Å². The molecule has 4 saturated heterocycles. The van der Waals surface area contributed by atoms with Crippen molar-refractivity contribution in [1.82, 2.24) is 19.9 Å². The Bertz CT molecular complexity index is 1900. The lowest BCUT2D eigenvalue weighted by Crippen LogP contribution is -2.47. The lowest BCUT2D eigenvalue weighted by molar-refractivity contribution is -0.141. The number of methoxy groups -OCH3 is 1. The molecule has 6 fully saturated rings. The van der Waals surface area contributed by atoms with Gasteiger partial charge in [0.15, 0.2) is 0 Å². The van der Waals surface area contributed by atoms with Gasteiger partial charge in [0.1, 0.15) is 23.0 Å². The smallest absolute Gasteiger partial charge is 0.305 e. The highest BCUT2D eigenvalue weighted by Crippen LogP contribution is 2.56. The Hall–Kier alpha value is -3.98. The van der Waals surface area contributed by atoms with Crippen LogP contribution in [0.3, 0.4) is 0 Å². The molecule has 1 N–H and O–H groups in total. The summed E-state index contributed by atoms with van der Waals surface area (Å²) in [4.78, 5) is 49.3. The number of halogens is 4. The van der Waals surface area contributed by atoms with E-state index in [0.29, 0.717) is 109 Å². The number of ether oxygens (including phenoxy) is 1. The number of piperidine rings is 2. The van der Waals surface area contributed by atoms with E-state index in [9.17, 15) is 27.2 Å². The second-order valence-electron chi connectivity index (χ2n) is 18.0. The minimum absolute atomic E-state index is 0.0548. The van der Waals surface area contributed by atoms with E-state index in [1.54, 1.807) is 0 Å². The SMILES string of the molecule is COC(=O)CC1[C@H]2CN(c3nc(N4CC[C@@H]4C)nc4c3CCCCC4(F)F)C[C@@H]12.C[C@H]1CCN1c1nc(N2C[C@@H]3C(CC(=O)O)[C@@H]3C2)c2c(n1)C(F)(F)CCCC2. The maximum atomic E-state index is 14.9. The van der Waals surface area contributed by atoms with Crippen LogP contribution in [0.5, 0.6) is 0 Å². The van der Waals surface area contributed by atoms with Crippen LogP contribution < -0.4 is 19.6 Å². The molecule has 0 bridgehead atoms. The molecule has 10 rings (SSSR count). The Morgan fingerprint density at radius 2 is 1.11 bits per heavy atom. The van der Waals surface area contributed by atoms with E-state index in [-0.39, 0.29) is 54.6 Å². The van der Waals surface area contributed by atoms with E-state index >= 15 is 0 Å². The quantitative estimate of drug-likeness (QED) is 0.186. The number of esters is 1. The first-order valence-electron chi connectivity index (χ1n) is 21.1. The lowest BCUT2D eigenvalue weighted by atomic mass is 10.0. The summed E-state index contributed by atoms with van der Waals surface area (Å²) in [6.07, 6.45) is 6.07. The Morgan fingerprint density at radius 1 is 0.684 bits per heavy atom. The Balaban J connectivity index is 0.000000148. The number of hydrogen-bond acceptors (Lipinski definition) is 11. The van der Waals surface area contributed by atoms with Crippen molar-refractivity contribution in [1.29, 1.82) is 0 Å². The molecule has 4 aliphatic carbocycles. The van der Waals surface area contributed by atoms with E-state index in [0.717, 1.165) is 51.9 Å². The summed E-state index contributed by atoms with van der Waals surface area (Å²) in [6, 6.07) is 0.564. The number of aliphatic carboxylic acids is 1. The van der Waals surface area contributed by atoms with Crippen LogP contribution in [-0.4, -0.2) is 95.4 Å². The van der Waals surface area contributed by atoms with Gasteiger partial charge >= 0.3 is 11.9 Å². The van der Waals surface area contributed by atoms with Crippen molar-refractivity contribution in [2.75, 3.05) is 66.0 Å².